The van der Waals surface area contributed by atoms with Gasteiger partial charge in [-0.15, -0.1) is 0 Å². The maximum absolute atomic E-state index is 11.6. The van der Waals surface area contributed by atoms with Gasteiger partial charge in [-0.1, -0.05) is 6.07 Å². The summed E-state index contributed by atoms with van der Waals surface area (Å²) in [6.07, 6.45) is 4.18. The number of carbonyl (C=O) groups is 1. The van der Waals surface area contributed by atoms with Gasteiger partial charge in [-0.2, -0.15) is 0 Å². The summed E-state index contributed by atoms with van der Waals surface area (Å²) in [6, 6.07) is 7.70. The van der Waals surface area contributed by atoms with Gasteiger partial charge in [0.2, 0.25) is 0 Å². The van der Waals surface area contributed by atoms with Crippen molar-refractivity contribution in [2.45, 2.75) is 26.9 Å². The van der Waals surface area contributed by atoms with Crippen LogP contribution in [0.3, 0.4) is 0 Å². The molecule has 106 valence electrons. The molecule has 0 spiro atoms. The van der Waals surface area contributed by atoms with Gasteiger partial charge in [-0.25, -0.2) is 4.79 Å². The highest BCUT2D eigenvalue weighted by molar-refractivity contribution is 5.92. The van der Waals surface area contributed by atoms with E-state index < -0.39 is 0 Å². The van der Waals surface area contributed by atoms with Crippen LogP contribution in [0.25, 0.3) is 0 Å². The summed E-state index contributed by atoms with van der Waals surface area (Å²) in [5, 5.41) is 3.36. The normalized spacial score (nSPS) is 10.3. The molecular weight excluding hydrogens is 252 g/mol. The van der Waals surface area contributed by atoms with Gasteiger partial charge in [0.1, 0.15) is 0 Å². The van der Waals surface area contributed by atoms with E-state index in [1.165, 1.54) is 12.7 Å². The molecule has 0 bridgehead atoms. The summed E-state index contributed by atoms with van der Waals surface area (Å²) in [7, 11) is 1.40. The van der Waals surface area contributed by atoms with Crippen LogP contribution in [0.2, 0.25) is 0 Å². The SMILES string of the molecule is CCn1ccc(CNc2cccc(C(=O)OC)c2C)c1. The number of aryl methyl sites for hydroxylation is 1. The molecule has 4 nitrogen and oxygen atoms in total. The number of anilines is 1. The summed E-state index contributed by atoms with van der Waals surface area (Å²) in [5.74, 6) is -0.303. The first-order chi connectivity index (χ1) is 9.65. The number of hydrogen-bond donors (Lipinski definition) is 1. The highest BCUT2D eigenvalue weighted by Gasteiger charge is 2.11. The maximum atomic E-state index is 11.6. The minimum Gasteiger partial charge on any atom is -0.465 e. The van der Waals surface area contributed by atoms with E-state index in [1.54, 1.807) is 6.07 Å². The first-order valence-electron chi connectivity index (χ1n) is 6.72. The minimum atomic E-state index is -0.303. The van der Waals surface area contributed by atoms with Crippen LogP contribution in [0.5, 0.6) is 0 Å². The summed E-state index contributed by atoms with van der Waals surface area (Å²) >= 11 is 0. The van der Waals surface area contributed by atoms with Crippen molar-refractivity contribution in [1.82, 2.24) is 4.57 Å². The number of rotatable bonds is 5. The first-order valence-corrected chi connectivity index (χ1v) is 6.72. The second-order valence-electron chi connectivity index (χ2n) is 4.67. The largest absolute Gasteiger partial charge is 0.465 e. The number of benzene rings is 1. The lowest BCUT2D eigenvalue weighted by Crippen LogP contribution is -2.07. The first kappa shape index (κ1) is 14.2. The molecule has 4 heteroatoms. The van der Waals surface area contributed by atoms with Crippen molar-refractivity contribution in [1.29, 1.82) is 0 Å². The zero-order chi connectivity index (χ0) is 14.5. The maximum Gasteiger partial charge on any atom is 0.338 e. The Balaban J connectivity index is 2.11. The summed E-state index contributed by atoms with van der Waals surface area (Å²) in [6.45, 7) is 5.74. The van der Waals surface area contributed by atoms with Crippen LogP contribution >= 0.6 is 0 Å². The van der Waals surface area contributed by atoms with Gasteiger partial charge in [-0.05, 0) is 43.2 Å². The number of hydrogen-bond acceptors (Lipinski definition) is 3. The topological polar surface area (TPSA) is 43.3 Å². The highest BCUT2D eigenvalue weighted by atomic mass is 16.5. The molecule has 1 N–H and O–H groups in total. The van der Waals surface area contributed by atoms with Crippen molar-refractivity contribution in [2.75, 3.05) is 12.4 Å². The predicted molar refractivity (Wildman–Crippen MR) is 80.0 cm³/mol. The van der Waals surface area contributed by atoms with Crippen LogP contribution in [0.15, 0.2) is 36.7 Å². The monoisotopic (exact) mass is 272 g/mol. The lowest BCUT2D eigenvalue weighted by molar-refractivity contribution is 0.0600. The van der Waals surface area contributed by atoms with Crippen molar-refractivity contribution >= 4 is 11.7 Å². The molecule has 1 aromatic heterocycles. The number of ether oxygens (including phenoxy) is 1. The Hall–Kier alpha value is -2.23. The second-order valence-corrected chi connectivity index (χ2v) is 4.67. The van der Waals surface area contributed by atoms with Crippen LogP contribution in [-0.4, -0.2) is 17.6 Å². The van der Waals surface area contributed by atoms with E-state index in [2.05, 4.69) is 35.3 Å². The molecule has 0 amide bonds. The molecule has 0 aliphatic carbocycles. The third-order valence-corrected chi connectivity index (χ3v) is 3.40. The molecule has 0 aliphatic rings. The van der Waals surface area contributed by atoms with Gasteiger partial charge in [0.25, 0.3) is 0 Å². The molecule has 0 unspecified atom stereocenters. The van der Waals surface area contributed by atoms with Gasteiger partial charge in [0, 0.05) is 31.2 Å². The van der Waals surface area contributed by atoms with Crippen molar-refractivity contribution in [3.05, 3.63) is 53.3 Å². The number of methoxy groups -OCH3 is 1. The van der Waals surface area contributed by atoms with Crippen LogP contribution in [0.1, 0.15) is 28.4 Å². The predicted octanol–water partition coefficient (Wildman–Crippen LogP) is 3.22. The average molecular weight is 272 g/mol. The lowest BCUT2D eigenvalue weighted by atomic mass is 10.1. The van der Waals surface area contributed by atoms with Crippen LogP contribution < -0.4 is 5.32 Å². The smallest absolute Gasteiger partial charge is 0.338 e. The molecule has 0 saturated heterocycles. The Labute approximate surface area is 119 Å². The van der Waals surface area contributed by atoms with Gasteiger partial charge >= 0.3 is 5.97 Å². The highest BCUT2D eigenvalue weighted by Crippen LogP contribution is 2.20. The molecule has 0 radical (unpaired) electrons. The Kier molecular flexibility index (Phi) is 4.45. The average Bonchev–Trinajstić information content (AvgIpc) is 2.93. The molecule has 2 aromatic rings. The number of nitrogens with zero attached hydrogens (tertiary/aromatic N) is 1. The van der Waals surface area contributed by atoms with Crippen molar-refractivity contribution < 1.29 is 9.53 Å². The molecule has 0 fully saturated rings. The molecule has 0 saturated carbocycles. The van der Waals surface area contributed by atoms with E-state index >= 15 is 0 Å². The summed E-state index contributed by atoms with van der Waals surface area (Å²) in [4.78, 5) is 11.6. The van der Waals surface area contributed by atoms with Crippen molar-refractivity contribution in [3.63, 3.8) is 0 Å². The molecule has 1 aromatic carbocycles. The Bertz CT molecular complexity index is 602. The number of nitrogens with one attached hydrogen (secondary N) is 1. The van der Waals surface area contributed by atoms with E-state index in [-0.39, 0.29) is 5.97 Å². The van der Waals surface area contributed by atoms with Crippen LogP contribution in [0, 0.1) is 6.92 Å². The third kappa shape index (κ3) is 3.02. The zero-order valence-corrected chi connectivity index (χ0v) is 12.1. The summed E-state index contributed by atoms with van der Waals surface area (Å²) in [5.41, 5.74) is 3.68. The fourth-order valence-corrected chi connectivity index (χ4v) is 2.15. The van der Waals surface area contributed by atoms with Gasteiger partial charge < -0.3 is 14.6 Å². The van der Waals surface area contributed by atoms with E-state index in [0.717, 1.165) is 24.3 Å². The number of esters is 1. The molecule has 2 rings (SSSR count). The van der Waals surface area contributed by atoms with Crippen molar-refractivity contribution in [2.24, 2.45) is 0 Å². The lowest BCUT2D eigenvalue weighted by Gasteiger charge is -2.11. The van der Waals surface area contributed by atoms with E-state index in [1.807, 2.05) is 19.1 Å². The summed E-state index contributed by atoms with van der Waals surface area (Å²) < 4.78 is 6.92. The molecule has 0 aliphatic heterocycles. The third-order valence-electron chi connectivity index (χ3n) is 3.40. The Morgan fingerprint density at radius 2 is 2.15 bits per heavy atom. The Morgan fingerprint density at radius 1 is 1.35 bits per heavy atom. The van der Waals surface area contributed by atoms with Crippen LogP contribution in [0.4, 0.5) is 5.69 Å². The van der Waals surface area contributed by atoms with E-state index in [4.69, 9.17) is 4.74 Å². The fraction of sp³-hybridized carbons (Fsp3) is 0.312. The quantitative estimate of drug-likeness (QED) is 0.850. The molecular formula is C16H20N2O2. The number of aromatic nitrogens is 1. The number of carbonyl (C=O) groups excluding carboxylic acids is 1. The van der Waals surface area contributed by atoms with Crippen LogP contribution in [-0.2, 0) is 17.8 Å². The zero-order valence-electron chi connectivity index (χ0n) is 12.1. The van der Waals surface area contributed by atoms with Gasteiger partial charge in [0.05, 0.1) is 12.7 Å². The fourth-order valence-electron chi connectivity index (χ4n) is 2.15. The Morgan fingerprint density at radius 3 is 2.80 bits per heavy atom. The van der Waals surface area contributed by atoms with E-state index in [9.17, 15) is 4.79 Å². The van der Waals surface area contributed by atoms with Gasteiger partial charge in [-0.3, -0.25) is 0 Å². The second kappa shape index (κ2) is 6.28. The molecule has 20 heavy (non-hydrogen) atoms. The van der Waals surface area contributed by atoms with E-state index in [0.29, 0.717) is 5.56 Å². The minimum absolute atomic E-state index is 0.303. The molecule has 1 heterocycles. The standard InChI is InChI=1S/C16H20N2O2/c1-4-18-9-8-13(11-18)10-17-15-7-5-6-14(12(15)2)16(19)20-3/h5-9,11,17H,4,10H2,1-3H3. The van der Waals surface area contributed by atoms with Gasteiger partial charge in [0.15, 0.2) is 0 Å². The molecule has 0 atom stereocenters. The van der Waals surface area contributed by atoms with Crippen molar-refractivity contribution in [3.8, 4) is 0 Å².